The van der Waals surface area contributed by atoms with Gasteiger partial charge in [0, 0.05) is 42.8 Å². The van der Waals surface area contributed by atoms with Crippen LogP contribution in [0.4, 0.5) is 0 Å². The van der Waals surface area contributed by atoms with Gasteiger partial charge in [0.05, 0.1) is 0 Å². The van der Waals surface area contributed by atoms with Crippen LogP contribution in [0.5, 0.6) is 0 Å². The Morgan fingerprint density at radius 3 is 2.95 bits per heavy atom. The minimum Gasteiger partial charge on any atom is -0.396 e. The van der Waals surface area contributed by atoms with E-state index >= 15 is 0 Å². The maximum Gasteiger partial charge on any atom is 0.0475 e. The van der Waals surface area contributed by atoms with Crippen molar-refractivity contribution in [3.8, 4) is 0 Å². The Morgan fingerprint density at radius 2 is 2.19 bits per heavy atom. The van der Waals surface area contributed by atoms with Gasteiger partial charge >= 0.3 is 0 Å². The summed E-state index contributed by atoms with van der Waals surface area (Å²) in [6.07, 6.45) is 3.08. The summed E-state index contributed by atoms with van der Waals surface area (Å²) < 4.78 is 0. The molecule has 1 aromatic carbocycles. The summed E-state index contributed by atoms with van der Waals surface area (Å²) in [6, 6.07) is 9.07. The summed E-state index contributed by atoms with van der Waals surface area (Å²) in [5.74, 6) is 0.402. The Balaban J connectivity index is 1.75. The number of H-pyrrole nitrogens is 1. The first-order valence-corrected chi connectivity index (χ1v) is 7.73. The van der Waals surface area contributed by atoms with Crippen LogP contribution in [0.15, 0.2) is 30.5 Å². The third-order valence-corrected chi connectivity index (χ3v) is 4.78. The summed E-state index contributed by atoms with van der Waals surface area (Å²) in [5, 5.41) is 10.9. The summed E-state index contributed by atoms with van der Waals surface area (Å²) >= 11 is 0. The van der Waals surface area contributed by atoms with E-state index in [4.69, 9.17) is 0 Å². The molecule has 2 heterocycles. The Morgan fingerprint density at radius 1 is 1.33 bits per heavy atom. The second-order valence-corrected chi connectivity index (χ2v) is 6.35. The van der Waals surface area contributed by atoms with Crippen LogP contribution in [0.1, 0.15) is 12.0 Å². The molecule has 0 aliphatic carbocycles. The first-order valence-electron chi connectivity index (χ1n) is 7.73. The highest BCUT2D eigenvalue weighted by atomic mass is 16.3. The molecular weight excluding hydrogens is 262 g/mol. The molecule has 0 bridgehead atoms. The molecule has 2 atom stereocenters. The number of fused-ring (bicyclic) bond motifs is 1. The van der Waals surface area contributed by atoms with Crippen LogP contribution in [0.3, 0.4) is 0 Å². The molecule has 1 aliphatic heterocycles. The highest BCUT2D eigenvalue weighted by molar-refractivity contribution is 5.82. The fraction of sp³-hybridized carbons (Fsp3) is 0.529. The highest BCUT2D eigenvalue weighted by Crippen LogP contribution is 2.24. The van der Waals surface area contributed by atoms with Crippen LogP contribution in [-0.2, 0) is 6.54 Å². The molecule has 2 N–H and O–H groups in total. The van der Waals surface area contributed by atoms with Crippen LogP contribution in [0, 0.1) is 5.92 Å². The summed E-state index contributed by atoms with van der Waals surface area (Å²) in [6.45, 7) is 3.37. The largest absolute Gasteiger partial charge is 0.396 e. The van der Waals surface area contributed by atoms with Crippen LogP contribution < -0.4 is 0 Å². The molecule has 2 aromatic rings. The molecule has 1 saturated heterocycles. The van der Waals surface area contributed by atoms with Gasteiger partial charge in [-0.1, -0.05) is 12.1 Å². The number of aromatic nitrogens is 1. The minimum atomic E-state index is 0.296. The topological polar surface area (TPSA) is 42.5 Å². The van der Waals surface area contributed by atoms with Gasteiger partial charge in [-0.05, 0) is 50.7 Å². The molecule has 114 valence electrons. The molecule has 1 fully saturated rings. The monoisotopic (exact) mass is 287 g/mol. The number of piperidine rings is 1. The van der Waals surface area contributed by atoms with Crippen LogP contribution >= 0.6 is 0 Å². The van der Waals surface area contributed by atoms with Gasteiger partial charge in [0.1, 0.15) is 0 Å². The fourth-order valence-electron chi connectivity index (χ4n) is 3.52. The number of likely N-dealkylation sites (N-methyl/N-ethyl adjacent to an activating group) is 1. The molecule has 4 nitrogen and oxygen atoms in total. The van der Waals surface area contributed by atoms with E-state index in [1.807, 2.05) is 6.20 Å². The molecule has 1 aromatic heterocycles. The molecule has 0 saturated carbocycles. The molecule has 1 aliphatic rings. The van der Waals surface area contributed by atoms with Crippen LogP contribution in [0.25, 0.3) is 10.9 Å². The number of aromatic amines is 1. The third kappa shape index (κ3) is 2.98. The zero-order valence-corrected chi connectivity index (χ0v) is 12.9. The van der Waals surface area contributed by atoms with Crippen molar-refractivity contribution in [2.75, 3.05) is 33.8 Å². The normalized spacial score (nSPS) is 24.0. The lowest BCUT2D eigenvalue weighted by Gasteiger charge is -2.41. The van der Waals surface area contributed by atoms with E-state index in [9.17, 15) is 5.11 Å². The van der Waals surface area contributed by atoms with E-state index in [2.05, 4.69) is 53.1 Å². The van der Waals surface area contributed by atoms with E-state index < -0.39 is 0 Å². The van der Waals surface area contributed by atoms with E-state index in [1.165, 1.54) is 16.5 Å². The van der Waals surface area contributed by atoms with Gasteiger partial charge in [0.2, 0.25) is 0 Å². The quantitative estimate of drug-likeness (QED) is 0.903. The number of nitrogens with zero attached hydrogens (tertiary/aromatic N) is 2. The van der Waals surface area contributed by atoms with Crippen molar-refractivity contribution in [3.05, 3.63) is 36.0 Å². The second kappa shape index (κ2) is 6.18. The maximum atomic E-state index is 9.55. The molecule has 4 heteroatoms. The van der Waals surface area contributed by atoms with Gasteiger partial charge in [-0.3, -0.25) is 4.90 Å². The summed E-state index contributed by atoms with van der Waals surface area (Å²) in [5.41, 5.74) is 2.59. The molecular formula is C17H25N3O. The lowest BCUT2D eigenvalue weighted by molar-refractivity contribution is 0.0462. The van der Waals surface area contributed by atoms with Crippen molar-refractivity contribution in [1.82, 2.24) is 14.8 Å². The summed E-state index contributed by atoms with van der Waals surface area (Å²) in [7, 11) is 4.23. The van der Waals surface area contributed by atoms with E-state index in [1.54, 1.807) is 0 Å². The maximum absolute atomic E-state index is 9.55. The summed E-state index contributed by atoms with van der Waals surface area (Å²) in [4.78, 5) is 8.05. The Bertz CT molecular complexity index is 592. The fourth-order valence-corrected chi connectivity index (χ4v) is 3.52. The van der Waals surface area contributed by atoms with Gasteiger partial charge in [-0.25, -0.2) is 0 Å². The molecule has 3 rings (SSSR count). The van der Waals surface area contributed by atoms with Crippen molar-refractivity contribution < 1.29 is 5.11 Å². The average molecular weight is 287 g/mol. The van der Waals surface area contributed by atoms with Gasteiger partial charge in [-0.15, -0.1) is 0 Å². The zero-order chi connectivity index (χ0) is 14.8. The van der Waals surface area contributed by atoms with Gasteiger partial charge in [0.25, 0.3) is 0 Å². The number of hydrogen-bond donors (Lipinski definition) is 2. The molecule has 0 amide bonds. The molecule has 21 heavy (non-hydrogen) atoms. The van der Waals surface area contributed by atoms with Crippen molar-refractivity contribution in [1.29, 1.82) is 0 Å². The Hall–Kier alpha value is -1.36. The lowest BCUT2D eigenvalue weighted by atomic mass is 9.91. The van der Waals surface area contributed by atoms with Gasteiger partial charge in [0.15, 0.2) is 0 Å². The minimum absolute atomic E-state index is 0.296. The standard InChI is InChI=1S/C17H25N3O/c1-19(2)17-11-20(9-7-14(17)12-21)10-13-4-3-5-16-15(13)6-8-18-16/h3-6,8,14,17-18,21H,7,9-12H2,1-2H3/t14-,17-/m1/s1. The smallest absolute Gasteiger partial charge is 0.0475 e. The first kappa shape index (κ1) is 14.6. The number of likely N-dealkylation sites (tertiary alicyclic amines) is 1. The number of benzene rings is 1. The van der Waals surface area contributed by atoms with Crippen molar-refractivity contribution in [3.63, 3.8) is 0 Å². The van der Waals surface area contributed by atoms with Gasteiger partial charge < -0.3 is 15.0 Å². The average Bonchev–Trinajstić information content (AvgIpc) is 2.96. The second-order valence-electron chi connectivity index (χ2n) is 6.35. The van der Waals surface area contributed by atoms with E-state index in [0.29, 0.717) is 18.6 Å². The number of hydrogen-bond acceptors (Lipinski definition) is 3. The molecule has 0 radical (unpaired) electrons. The molecule has 0 spiro atoms. The van der Waals surface area contributed by atoms with Crippen molar-refractivity contribution in [2.45, 2.75) is 19.0 Å². The van der Waals surface area contributed by atoms with Crippen LogP contribution in [-0.4, -0.2) is 59.7 Å². The number of aliphatic hydroxyl groups excluding tert-OH is 1. The number of rotatable bonds is 4. The number of aliphatic hydroxyl groups is 1. The lowest BCUT2D eigenvalue weighted by Crippen LogP contribution is -2.51. The predicted octanol–water partition coefficient (Wildman–Crippen LogP) is 1.91. The third-order valence-electron chi connectivity index (χ3n) is 4.78. The predicted molar refractivity (Wildman–Crippen MR) is 86.2 cm³/mol. The molecule has 0 unspecified atom stereocenters. The Labute approximate surface area is 126 Å². The van der Waals surface area contributed by atoms with E-state index in [-0.39, 0.29) is 0 Å². The first-order chi connectivity index (χ1) is 10.2. The van der Waals surface area contributed by atoms with E-state index in [0.717, 1.165) is 26.1 Å². The SMILES string of the molecule is CN(C)[C@@H]1CN(Cc2cccc3[nH]ccc23)CC[C@@H]1CO. The van der Waals surface area contributed by atoms with Crippen molar-refractivity contribution in [2.24, 2.45) is 5.92 Å². The van der Waals surface area contributed by atoms with Crippen molar-refractivity contribution >= 4 is 10.9 Å². The zero-order valence-electron chi connectivity index (χ0n) is 12.9. The number of nitrogens with one attached hydrogen (secondary N) is 1. The van der Waals surface area contributed by atoms with Gasteiger partial charge in [-0.2, -0.15) is 0 Å². The van der Waals surface area contributed by atoms with Crippen LogP contribution in [0.2, 0.25) is 0 Å². The Kier molecular flexibility index (Phi) is 4.29. The highest BCUT2D eigenvalue weighted by Gasteiger charge is 2.30.